The predicted octanol–water partition coefficient (Wildman–Crippen LogP) is 17.4. The van der Waals surface area contributed by atoms with Crippen molar-refractivity contribution in [3.8, 4) is 67.2 Å². The number of rotatable bonds is 6. The largest absolute Gasteiger partial charge is 0.248 e. The Labute approximate surface area is 382 Å². The van der Waals surface area contributed by atoms with Crippen LogP contribution in [0.2, 0.25) is 0 Å². The number of hydrogen-bond donors (Lipinski definition) is 0. The molecule has 0 aliphatic heterocycles. The molecular weight excluding hydrogens is 797 g/mol. The lowest BCUT2D eigenvalue weighted by atomic mass is 9.87. The highest BCUT2D eigenvalue weighted by atomic mass is 14.7. The Morgan fingerprint density at radius 2 is 0.621 bits per heavy atom. The highest BCUT2D eigenvalue weighted by molar-refractivity contribution is 6.21. The first-order valence-corrected chi connectivity index (χ1v) is 22.6. The lowest BCUT2D eigenvalue weighted by Crippen LogP contribution is -1.95. The van der Waals surface area contributed by atoms with Crippen molar-refractivity contribution >= 4 is 64.8 Å². The summed E-state index contributed by atoms with van der Waals surface area (Å²) >= 11 is 0. The smallest absolute Gasteiger partial charge is 0.0794 e. The van der Waals surface area contributed by atoms with Crippen LogP contribution in [0.4, 0.5) is 0 Å². The molecule has 2 heteroatoms. The van der Waals surface area contributed by atoms with E-state index in [1.807, 2.05) is 0 Å². The van der Waals surface area contributed by atoms with Crippen molar-refractivity contribution in [2.45, 2.75) is 0 Å². The van der Waals surface area contributed by atoms with Crippen LogP contribution in [0, 0.1) is 0 Å². The van der Waals surface area contributed by atoms with Crippen LogP contribution in [-0.4, -0.2) is 9.97 Å². The van der Waals surface area contributed by atoms with Crippen molar-refractivity contribution in [1.29, 1.82) is 0 Å². The number of fused-ring (bicyclic) bond motifs is 9. The van der Waals surface area contributed by atoms with Gasteiger partial charge in [0.15, 0.2) is 0 Å². The van der Waals surface area contributed by atoms with E-state index in [0.29, 0.717) is 0 Å². The third-order valence-corrected chi connectivity index (χ3v) is 13.4. The number of aromatic nitrogens is 2. The van der Waals surface area contributed by atoms with Gasteiger partial charge in [-0.1, -0.05) is 206 Å². The van der Waals surface area contributed by atoms with Gasteiger partial charge in [-0.05, 0) is 118 Å². The molecule has 0 amide bonds. The molecule has 0 bridgehead atoms. The molecule has 0 aliphatic carbocycles. The van der Waals surface area contributed by atoms with Crippen LogP contribution in [0.1, 0.15) is 0 Å². The zero-order chi connectivity index (χ0) is 43.6. The van der Waals surface area contributed by atoms with Crippen molar-refractivity contribution in [3.05, 3.63) is 243 Å². The first kappa shape index (κ1) is 37.8. The summed E-state index contributed by atoms with van der Waals surface area (Å²) in [6, 6.07) is 87.8. The lowest BCUT2D eigenvalue weighted by Gasteiger charge is -2.19. The minimum atomic E-state index is 0.938. The van der Waals surface area contributed by atoms with Gasteiger partial charge >= 0.3 is 0 Å². The molecule has 0 fully saturated rings. The Morgan fingerprint density at radius 1 is 0.197 bits per heavy atom. The van der Waals surface area contributed by atoms with Gasteiger partial charge in [-0.2, -0.15) is 0 Å². The molecule has 306 valence electrons. The van der Waals surface area contributed by atoms with Crippen LogP contribution in [0.5, 0.6) is 0 Å². The van der Waals surface area contributed by atoms with Crippen molar-refractivity contribution in [3.63, 3.8) is 0 Å². The fourth-order valence-corrected chi connectivity index (χ4v) is 10.2. The molecule has 13 rings (SSSR count). The van der Waals surface area contributed by atoms with E-state index in [0.717, 1.165) is 83.3 Å². The summed E-state index contributed by atoms with van der Waals surface area (Å²) in [5.74, 6) is 0. The molecule has 0 radical (unpaired) electrons. The zero-order valence-electron chi connectivity index (χ0n) is 36.0. The molecule has 0 saturated carbocycles. The van der Waals surface area contributed by atoms with Gasteiger partial charge in [0.05, 0.1) is 22.6 Å². The highest BCUT2D eigenvalue weighted by Crippen LogP contribution is 2.45. The summed E-state index contributed by atoms with van der Waals surface area (Å²) < 4.78 is 0. The van der Waals surface area contributed by atoms with Crippen molar-refractivity contribution < 1.29 is 0 Å². The second kappa shape index (κ2) is 15.5. The van der Waals surface area contributed by atoms with E-state index in [1.165, 1.54) is 48.7 Å². The summed E-state index contributed by atoms with van der Waals surface area (Å²) in [5, 5.41) is 13.2. The molecule has 2 aromatic heterocycles. The van der Waals surface area contributed by atoms with Gasteiger partial charge in [0.25, 0.3) is 0 Å². The maximum atomic E-state index is 5.71. The maximum absolute atomic E-state index is 5.71. The number of hydrogen-bond acceptors (Lipinski definition) is 2. The van der Waals surface area contributed by atoms with Gasteiger partial charge in [0.2, 0.25) is 0 Å². The third-order valence-electron chi connectivity index (χ3n) is 13.4. The normalized spacial score (nSPS) is 11.6. The molecule has 11 aromatic carbocycles. The molecule has 0 unspecified atom stereocenters. The van der Waals surface area contributed by atoms with E-state index in [2.05, 4.69) is 243 Å². The molecule has 2 heterocycles. The Hall–Kier alpha value is -8.72. The van der Waals surface area contributed by atoms with E-state index in [-0.39, 0.29) is 0 Å². The van der Waals surface area contributed by atoms with Gasteiger partial charge in [-0.3, -0.25) is 0 Å². The summed E-state index contributed by atoms with van der Waals surface area (Å²) in [6.07, 6.45) is 0. The average Bonchev–Trinajstić information content (AvgIpc) is 3.40. The molecule has 0 aliphatic rings. The number of pyridine rings is 2. The summed E-state index contributed by atoms with van der Waals surface area (Å²) in [6.45, 7) is 0. The molecule has 0 atom stereocenters. The van der Waals surface area contributed by atoms with E-state index < -0.39 is 0 Å². The summed E-state index contributed by atoms with van der Waals surface area (Å²) in [4.78, 5) is 11.0. The van der Waals surface area contributed by atoms with Gasteiger partial charge < -0.3 is 0 Å². The molecule has 0 saturated heterocycles. The molecule has 13 aromatic rings. The van der Waals surface area contributed by atoms with Crippen LogP contribution in [0.15, 0.2) is 243 Å². The van der Waals surface area contributed by atoms with E-state index in [4.69, 9.17) is 9.97 Å². The molecule has 2 nitrogen and oxygen atoms in total. The fraction of sp³-hybridized carbons (Fsp3) is 0. The Morgan fingerprint density at radius 3 is 1.23 bits per heavy atom. The second-order valence-corrected chi connectivity index (χ2v) is 17.2. The highest BCUT2D eigenvalue weighted by Gasteiger charge is 2.20. The molecule has 66 heavy (non-hydrogen) atoms. The monoisotopic (exact) mass is 836 g/mol. The van der Waals surface area contributed by atoms with Gasteiger partial charge in [-0.15, -0.1) is 0 Å². The predicted molar refractivity (Wildman–Crippen MR) is 280 cm³/mol. The van der Waals surface area contributed by atoms with Crippen LogP contribution in [0.25, 0.3) is 132 Å². The minimum Gasteiger partial charge on any atom is -0.248 e. The average molecular weight is 837 g/mol. The number of nitrogens with zero attached hydrogens (tertiary/aromatic N) is 2. The topological polar surface area (TPSA) is 25.8 Å². The Balaban J connectivity index is 1.05. The van der Waals surface area contributed by atoms with E-state index in [1.54, 1.807) is 0 Å². The SMILES string of the molecule is c1ccc(-c2cc(-c3ccccc3)nc(-c3ccc(-c4cc5c(-c6cc7ccccc7c7ccccc67)cc(-c6cc7ccccc7c7ccccc67)nc5c5ccccc45)cc3)c2)cc1. The molecule has 0 spiro atoms. The summed E-state index contributed by atoms with van der Waals surface area (Å²) in [5.41, 5.74) is 14.1. The van der Waals surface area contributed by atoms with Crippen LogP contribution >= 0.6 is 0 Å². The van der Waals surface area contributed by atoms with E-state index in [9.17, 15) is 0 Å². The third kappa shape index (κ3) is 6.34. The Kier molecular flexibility index (Phi) is 8.89. The quantitative estimate of drug-likeness (QED) is 0.156. The fourth-order valence-electron chi connectivity index (χ4n) is 10.2. The van der Waals surface area contributed by atoms with Crippen LogP contribution in [-0.2, 0) is 0 Å². The molecular formula is C64H40N2. The maximum Gasteiger partial charge on any atom is 0.0794 e. The van der Waals surface area contributed by atoms with E-state index >= 15 is 0 Å². The van der Waals surface area contributed by atoms with Crippen molar-refractivity contribution in [2.24, 2.45) is 0 Å². The van der Waals surface area contributed by atoms with Gasteiger partial charge in [-0.25, -0.2) is 9.97 Å². The van der Waals surface area contributed by atoms with Crippen LogP contribution in [0.3, 0.4) is 0 Å². The standard InChI is InChI=1S/C64H40N2/c1-3-17-41(18-4-1)47-37-61(43-19-5-2-6-20-43)65-62(38-47)44-33-31-42(32-34-44)56-39-60-58(57-35-45-21-7-9-23-48(45)50-25-11-13-27-52(50)57)40-63(66-64(60)55-30-16-15-29-54(55)56)59-36-46-22-8-10-24-49(46)51-26-12-14-28-53(51)59/h1-40H. The zero-order valence-corrected chi connectivity index (χ0v) is 36.0. The van der Waals surface area contributed by atoms with Gasteiger partial charge in [0.1, 0.15) is 0 Å². The number of benzene rings is 11. The van der Waals surface area contributed by atoms with Gasteiger partial charge in [0, 0.05) is 27.5 Å². The minimum absolute atomic E-state index is 0.938. The first-order valence-electron chi connectivity index (χ1n) is 22.6. The van der Waals surface area contributed by atoms with Crippen molar-refractivity contribution in [1.82, 2.24) is 9.97 Å². The van der Waals surface area contributed by atoms with Crippen molar-refractivity contribution in [2.75, 3.05) is 0 Å². The lowest BCUT2D eigenvalue weighted by molar-refractivity contribution is 1.32. The first-order chi connectivity index (χ1) is 32.7. The Bertz CT molecular complexity index is 3970. The summed E-state index contributed by atoms with van der Waals surface area (Å²) in [7, 11) is 0. The molecule has 0 N–H and O–H groups in total. The van der Waals surface area contributed by atoms with Crippen LogP contribution < -0.4 is 0 Å². The second-order valence-electron chi connectivity index (χ2n) is 17.2.